The molecule has 3 rings (SSSR count). The molecular formula is C20H18N2O3S2. The lowest BCUT2D eigenvalue weighted by molar-refractivity contribution is -0.123. The highest BCUT2D eigenvalue weighted by atomic mass is 32.2. The zero-order valence-electron chi connectivity index (χ0n) is 14.4. The quantitative estimate of drug-likeness (QED) is 0.555. The van der Waals surface area contributed by atoms with Crippen LogP contribution in [0.15, 0.2) is 59.5 Å². The highest BCUT2D eigenvalue weighted by Gasteiger charge is 2.22. The number of benzene rings is 2. The third-order valence-corrected chi connectivity index (χ3v) is 4.95. The number of carbonyl (C=O) groups excluding carboxylic acids is 2. The van der Waals surface area contributed by atoms with Crippen molar-refractivity contribution in [3.05, 3.63) is 70.6 Å². The van der Waals surface area contributed by atoms with Crippen LogP contribution in [0.25, 0.3) is 6.08 Å². The second-order valence-electron chi connectivity index (χ2n) is 5.76. The predicted octanol–water partition coefficient (Wildman–Crippen LogP) is 2.91. The van der Waals surface area contributed by atoms with Gasteiger partial charge in [0.15, 0.2) is 6.61 Å². The lowest BCUT2D eigenvalue weighted by Gasteiger charge is -2.10. The van der Waals surface area contributed by atoms with E-state index >= 15 is 0 Å². The van der Waals surface area contributed by atoms with Gasteiger partial charge in [0.2, 0.25) is 0 Å². The van der Waals surface area contributed by atoms with Crippen molar-refractivity contribution in [1.82, 2.24) is 10.6 Å². The van der Waals surface area contributed by atoms with E-state index in [1.807, 2.05) is 48.5 Å². The Balaban J connectivity index is 1.53. The fourth-order valence-corrected chi connectivity index (χ4v) is 3.51. The molecule has 27 heavy (non-hydrogen) atoms. The van der Waals surface area contributed by atoms with Gasteiger partial charge in [0.25, 0.3) is 11.8 Å². The van der Waals surface area contributed by atoms with Gasteiger partial charge in [-0.2, -0.15) is 0 Å². The average molecular weight is 399 g/mol. The normalized spacial score (nSPS) is 14.9. The molecule has 7 heteroatoms. The molecule has 1 aliphatic heterocycles. The van der Waals surface area contributed by atoms with Crippen LogP contribution in [0.2, 0.25) is 0 Å². The van der Waals surface area contributed by atoms with Crippen LogP contribution in [0, 0.1) is 0 Å². The topological polar surface area (TPSA) is 67.4 Å². The van der Waals surface area contributed by atoms with Crippen molar-refractivity contribution in [3.8, 4) is 5.75 Å². The molecule has 0 spiro atoms. The van der Waals surface area contributed by atoms with E-state index in [0.29, 0.717) is 21.5 Å². The van der Waals surface area contributed by atoms with E-state index in [1.165, 1.54) is 17.3 Å². The molecule has 138 valence electrons. The molecular weight excluding hydrogens is 380 g/mol. The van der Waals surface area contributed by atoms with Gasteiger partial charge >= 0.3 is 0 Å². The highest BCUT2D eigenvalue weighted by Crippen LogP contribution is 2.29. The number of hydrogen-bond donors (Lipinski definition) is 2. The minimum absolute atomic E-state index is 0.0905. The second kappa shape index (κ2) is 9.34. The molecule has 1 heterocycles. The van der Waals surface area contributed by atoms with Crippen LogP contribution in [0.5, 0.6) is 5.75 Å². The number of hydrogen-bond acceptors (Lipinski definition) is 5. The van der Waals surface area contributed by atoms with Gasteiger partial charge in [0, 0.05) is 12.1 Å². The summed E-state index contributed by atoms with van der Waals surface area (Å²) in [7, 11) is 0. The van der Waals surface area contributed by atoms with Crippen LogP contribution in [0.3, 0.4) is 0 Å². The molecule has 1 fully saturated rings. The monoisotopic (exact) mass is 398 g/mol. The summed E-state index contributed by atoms with van der Waals surface area (Å²) in [6.45, 7) is 0.457. The van der Waals surface area contributed by atoms with E-state index in [1.54, 1.807) is 12.1 Å². The first-order valence-corrected chi connectivity index (χ1v) is 9.61. The Hall–Kier alpha value is -2.64. The first-order valence-electron chi connectivity index (χ1n) is 8.39. The number of amides is 2. The molecule has 2 N–H and O–H groups in total. The Morgan fingerprint density at radius 2 is 1.89 bits per heavy atom. The van der Waals surface area contributed by atoms with E-state index in [0.717, 1.165) is 12.0 Å². The number of thiocarbonyl (C=S) groups is 1. The molecule has 0 unspecified atom stereocenters. The van der Waals surface area contributed by atoms with Gasteiger partial charge in [0.1, 0.15) is 10.1 Å². The largest absolute Gasteiger partial charge is 0.483 e. The zero-order valence-corrected chi connectivity index (χ0v) is 16.1. The summed E-state index contributed by atoms with van der Waals surface area (Å²) in [5.74, 6) is 0.121. The second-order valence-corrected chi connectivity index (χ2v) is 7.48. The summed E-state index contributed by atoms with van der Waals surface area (Å²) in [6.07, 6.45) is 2.48. The van der Waals surface area contributed by atoms with Crippen molar-refractivity contribution in [3.63, 3.8) is 0 Å². The predicted molar refractivity (Wildman–Crippen MR) is 111 cm³/mol. The number of ether oxygens (including phenoxy) is 1. The maximum Gasteiger partial charge on any atom is 0.263 e. The molecule has 0 radical (unpaired) electrons. The standard InChI is InChI=1S/C20H18N2O3S2/c23-18(21-11-10-14-6-2-1-3-7-14)13-25-16-9-5-4-8-15(16)12-17-19(24)22-20(26)27-17/h1-9,12H,10-11,13H2,(H,21,23)(H,22,24,26). The fraction of sp³-hybridized carbons (Fsp3) is 0.150. The van der Waals surface area contributed by atoms with Crippen LogP contribution >= 0.6 is 24.0 Å². The van der Waals surface area contributed by atoms with Gasteiger partial charge in [-0.3, -0.25) is 9.59 Å². The van der Waals surface area contributed by atoms with E-state index in [9.17, 15) is 9.59 Å². The van der Waals surface area contributed by atoms with Gasteiger partial charge in [0.05, 0.1) is 4.91 Å². The Morgan fingerprint density at radius 3 is 2.63 bits per heavy atom. The molecule has 2 aromatic carbocycles. The minimum Gasteiger partial charge on any atom is -0.483 e. The van der Waals surface area contributed by atoms with Crippen LogP contribution in [-0.2, 0) is 16.0 Å². The van der Waals surface area contributed by atoms with Crippen molar-refractivity contribution in [2.24, 2.45) is 0 Å². The Labute approximate surface area is 167 Å². The van der Waals surface area contributed by atoms with Crippen molar-refractivity contribution < 1.29 is 14.3 Å². The molecule has 0 aromatic heterocycles. The fourth-order valence-electron chi connectivity index (χ4n) is 2.48. The van der Waals surface area contributed by atoms with Gasteiger partial charge in [-0.05, 0) is 24.1 Å². The summed E-state index contributed by atoms with van der Waals surface area (Å²) >= 11 is 6.20. The number of rotatable bonds is 7. The van der Waals surface area contributed by atoms with Crippen LogP contribution in [-0.4, -0.2) is 29.3 Å². The molecule has 1 aliphatic rings. The van der Waals surface area contributed by atoms with Gasteiger partial charge in [-0.1, -0.05) is 72.5 Å². The zero-order chi connectivity index (χ0) is 19.1. The first-order chi connectivity index (χ1) is 13.1. The molecule has 2 aromatic rings. The molecule has 0 atom stereocenters. The highest BCUT2D eigenvalue weighted by molar-refractivity contribution is 8.26. The van der Waals surface area contributed by atoms with Crippen molar-refractivity contribution >= 4 is 46.2 Å². The summed E-state index contributed by atoms with van der Waals surface area (Å²) in [6, 6.07) is 17.2. The summed E-state index contributed by atoms with van der Waals surface area (Å²) in [5, 5.41) is 5.42. The van der Waals surface area contributed by atoms with Gasteiger partial charge in [-0.15, -0.1) is 0 Å². The van der Waals surface area contributed by atoms with E-state index in [4.69, 9.17) is 17.0 Å². The molecule has 5 nitrogen and oxygen atoms in total. The first kappa shape index (κ1) is 19.1. The van der Waals surface area contributed by atoms with E-state index in [2.05, 4.69) is 10.6 Å². The maximum atomic E-state index is 12.0. The Kier molecular flexibility index (Phi) is 6.62. The third kappa shape index (κ3) is 5.67. The summed E-state index contributed by atoms with van der Waals surface area (Å²) in [4.78, 5) is 24.3. The minimum atomic E-state index is -0.224. The molecule has 0 aliphatic carbocycles. The third-order valence-electron chi connectivity index (χ3n) is 3.79. The van der Waals surface area contributed by atoms with Gasteiger partial charge in [-0.25, -0.2) is 0 Å². The van der Waals surface area contributed by atoms with E-state index < -0.39 is 0 Å². The van der Waals surface area contributed by atoms with E-state index in [-0.39, 0.29) is 18.4 Å². The SMILES string of the molecule is O=C(COc1ccccc1C=C1SC(=S)NC1=O)NCCc1ccccc1. The smallest absolute Gasteiger partial charge is 0.263 e. The van der Waals surface area contributed by atoms with Crippen LogP contribution in [0.1, 0.15) is 11.1 Å². The van der Waals surface area contributed by atoms with Crippen molar-refractivity contribution in [2.45, 2.75) is 6.42 Å². The lowest BCUT2D eigenvalue weighted by atomic mass is 10.1. The molecule has 2 amide bonds. The average Bonchev–Trinajstić information content (AvgIpc) is 2.99. The number of carbonyl (C=O) groups is 2. The molecule has 0 saturated carbocycles. The Bertz CT molecular complexity index is 882. The number of thioether (sulfide) groups is 1. The lowest BCUT2D eigenvalue weighted by Crippen LogP contribution is -2.30. The molecule has 1 saturated heterocycles. The maximum absolute atomic E-state index is 12.0. The Morgan fingerprint density at radius 1 is 1.15 bits per heavy atom. The van der Waals surface area contributed by atoms with Gasteiger partial charge < -0.3 is 15.4 Å². The van der Waals surface area contributed by atoms with Crippen LogP contribution < -0.4 is 15.4 Å². The molecule has 0 bridgehead atoms. The number of para-hydroxylation sites is 1. The number of nitrogens with one attached hydrogen (secondary N) is 2. The summed E-state index contributed by atoms with van der Waals surface area (Å²) in [5.41, 5.74) is 1.89. The van der Waals surface area contributed by atoms with Crippen molar-refractivity contribution in [1.29, 1.82) is 0 Å². The van der Waals surface area contributed by atoms with Crippen LogP contribution in [0.4, 0.5) is 0 Å². The summed E-state index contributed by atoms with van der Waals surface area (Å²) < 4.78 is 6.08. The van der Waals surface area contributed by atoms with Crippen molar-refractivity contribution in [2.75, 3.05) is 13.2 Å².